The molecule has 0 aliphatic heterocycles. The van der Waals surface area contributed by atoms with Crippen molar-refractivity contribution in [2.75, 3.05) is 10.6 Å². The summed E-state index contributed by atoms with van der Waals surface area (Å²) in [5.74, 6) is -0.601. The predicted molar refractivity (Wildman–Crippen MR) is 119 cm³/mol. The van der Waals surface area contributed by atoms with E-state index in [1.54, 1.807) is 42.5 Å². The zero-order chi connectivity index (χ0) is 21.1. The molecule has 0 aliphatic carbocycles. The van der Waals surface area contributed by atoms with Gasteiger partial charge in [-0.3, -0.25) is 9.59 Å². The largest absolute Gasteiger partial charge is 0.322 e. The SMILES string of the molecule is Cc1cc(C)c(C(=O)Nc2cc(C(=O)Nc3cccc(Cl)c3)ccc2Cl)c(C)c1. The molecule has 0 saturated carbocycles. The molecule has 0 aliphatic rings. The summed E-state index contributed by atoms with van der Waals surface area (Å²) in [7, 11) is 0. The summed E-state index contributed by atoms with van der Waals surface area (Å²) in [6.45, 7) is 5.78. The van der Waals surface area contributed by atoms with Gasteiger partial charge in [-0.1, -0.05) is 47.0 Å². The summed E-state index contributed by atoms with van der Waals surface area (Å²) in [6.07, 6.45) is 0. The molecule has 29 heavy (non-hydrogen) atoms. The number of amides is 2. The maximum absolute atomic E-state index is 12.8. The van der Waals surface area contributed by atoms with E-state index in [1.165, 1.54) is 0 Å². The zero-order valence-corrected chi connectivity index (χ0v) is 17.8. The Hall–Kier alpha value is -2.82. The number of hydrogen-bond acceptors (Lipinski definition) is 2. The van der Waals surface area contributed by atoms with Crippen LogP contribution in [-0.4, -0.2) is 11.8 Å². The number of carbonyl (C=O) groups is 2. The molecule has 0 atom stereocenters. The van der Waals surface area contributed by atoms with Gasteiger partial charge in [0, 0.05) is 21.8 Å². The lowest BCUT2D eigenvalue weighted by atomic mass is 9.99. The highest BCUT2D eigenvalue weighted by Gasteiger charge is 2.16. The lowest BCUT2D eigenvalue weighted by Crippen LogP contribution is -2.17. The highest BCUT2D eigenvalue weighted by Crippen LogP contribution is 2.26. The van der Waals surface area contributed by atoms with Crippen LogP contribution in [0.25, 0.3) is 0 Å². The molecule has 0 spiro atoms. The average Bonchev–Trinajstić information content (AvgIpc) is 2.62. The fourth-order valence-corrected chi connectivity index (χ4v) is 3.61. The van der Waals surface area contributed by atoms with Gasteiger partial charge in [-0.05, 0) is 68.3 Å². The number of aryl methyl sites for hydroxylation is 3. The summed E-state index contributed by atoms with van der Waals surface area (Å²) < 4.78 is 0. The summed E-state index contributed by atoms with van der Waals surface area (Å²) in [5, 5.41) is 6.47. The molecule has 0 radical (unpaired) electrons. The highest BCUT2D eigenvalue weighted by atomic mass is 35.5. The quantitative estimate of drug-likeness (QED) is 0.505. The van der Waals surface area contributed by atoms with Crippen molar-refractivity contribution >= 4 is 46.4 Å². The van der Waals surface area contributed by atoms with Crippen LogP contribution in [0.3, 0.4) is 0 Å². The Morgan fingerprint density at radius 3 is 2.14 bits per heavy atom. The molecular formula is C23H20Cl2N2O2. The van der Waals surface area contributed by atoms with Crippen LogP contribution >= 0.6 is 23.2 Å². The normalized spacial score (nSPS) is 10.5. The predicted octanol–water partition coefficient (Wildman–Crippen LogP) is 6.42. The molecule has 0 fully saturated rings. The van der Waals surface area contributed by atoms with E-state index in [9.17, 15) is 9.59 Å². The number of halogens is 2. The van der Waals surface area contributed by atoms with E-state index in [0.717, 1.165) is 16.7 Å². The maximum atomic E-state index is 12.8. The Morgan fingerprint density at radius 1 is 0.793 bits per heavy atom. The first-order valence-electron chi connectivity index (χ1n) is 9.00. The van der Waals surface area contributed by atoms with Crippen molar-refractivity contribution in [3.63, 3.8) is 0 Å². The Kier molecular flexibility index (Phi) is 6.26. The monoisotopic (exact) mass is 426 g/mol. The van der Waals surface area contributed by atoms with E-state index in [2.05, 4.69) is 10.6 Å². The molecule has 0 unspecified atom stereocenters. The van der Waals surface area contributed by atoms with Gasteiger partial charge in [0.1, 0.15) is 0 Å². The summed E-state index contributed by atoms with van der Waals surface area (Å²) in [5.41, 5.74) is 4.76. The van der Waals surface area contributed by atoms with Crippen molar-refractivity contribution < 1.29 is 9.59 Å². The minimum Gasteiger partial charge on any atom is -0.322 e. The summed E-state index contributed by atoms with van der Waals surface area (Å²) in [6, 6.07) is 15.5. The van der Waals surface area contributed by atoms with Gasteiger partial charge in [0.15, 0.2) is 0 Å². The maximum Gasteiger partial charge on any atom is 0.256 e. The fraction of sp³-hybridized carbons (Fsp3) is 0.130. The Labute approximate surface area is 179 Å². The number of carbonyl (C=O) groups excluding carboxylic acids is 2. The van der Waals surface area contributed by atoms with Gasteiger partial charge >= 0.3 is 0 Å². The van der Waals surface area contributed by atoms with Crippen molar-refractivity contribution in [2.24, 2.45) is 0 Å². The topological polar surface area (TPSA) is 58.2 Å². The lowest BCUT2D eigenvalue weighted by molar-refractivity contribution is 0.101. The Balaban J connectivity index is 1.84. The average molecular weight is 427 g/mol. The number of benzene rings is 3. The van der Waals surface area contributed by atoms with Gasteiger partial charge in [0.05, 0.1) is 10.7 Å². The molecule has 3 rings (SSSR count). The minimum atomic E-state index is -0.331. The molecule has 3 aromatic carbocycles. The van der Waals surface area contributed by atoms with E-state index in [4.69, 9.17) is 23.2 Å². The van der Waals surface area contributed by atoms with Gasteiger partial charge in [-0.25, -0.2) is 0 Å². The Bertz CT molecular complexity index is 1090. The molecule has 2 N–H and O–H groups in total. The third-order valence-electron chi connectivity index (χ3n) is 4.46. The third-order valence-corrected chi connectivity index (χ3v) is 5.03. The molecule has 2 amide bonds. The van der Waals surface area contributed by atoms with E-state index in [1.807, 2.05) is 32.9 Å². The number of hydrogen-bond donors (Lipinski definition) is 2. The second-order valence-corrected chi connectivity index (χ2v) is 7.73. The van der Waals surface area contributed by atoms with Crippen LogP contribution in [0.2, 0.25) is 10.0 Å². The number of nitrogens with one attached hydrogen (secondary N) is 2. The first kappa shape index (κ1) is 20.9. The second kappa shape index (κ2) is 8.68. The first-order valence-corrected chi connectivity index (χ1v) is 9.76. The van der Waals surface area contributed by atoms with E-state index >= 15 is 0 Å². The van der Waals surface area contributed by atoms with E-state index < -0.39 is 0 Å². The van der Waals surface area contributed by atoms with Gasteiger partial charge < -0.3 is 10.6 Å². The number of rotatable bonds is 4. The Morgan fingerprint density at radius 2 is 1.48 bits per heavy atom. The van der Waals surface area contributed by atoms with Crippen LogP contribution in [0.15, 0.2) is 54.6 Å². The van der Waals surface area contributed by atoms with Crippen molar-refractivity contribution in [1.82, 2.24) is 0 Å². The van der Waals surface area contributed by atoms with Crippen molar-refractivity contribution in [3.8, 4) is 0 Å². The van der Waals surface area contributed by atoms with Crippen LogP contribution in [0.5, 0.6) is 0 Å². The van der Waals surface area contributed by atoms with Gasteiger partial charge in [0.25, 0.3) is 11.8 Å². The fourth-order valence-electron chi connectivity index (χ4n) is 3.25. The zero-order valence-electron chi connectivity index (χ0n) is 16.3. The standard InChI is InChI=1S/C23H20Cl2N2O2/c1-13-9-14(2)21(15(3)10-13)23(29)27-20-11-16(7-8-19(20)25)22(28)26-18-6-4-5-17(24)12-18/h4-12H,1-3H3,(H,26,28)(H,27,29). The third kappa shape index (κ3) is 4.97. The van der Waals surface area contributed by atoms with Gasteiger partial charge in [-0.15, -0.1) is 0 Å². The molecule has 0 heterocycles. The molecule has 0 aromatic heterocycles. The van der Waals surface area contributed by atoms with Crippen LogP contribution < -0.4 is 10.6 Å². The highest BCUT2D eigenvalue weighted by molar-refractivity contribution is 6.34. The summed E-state index contributed by atoms with van der Waals surface area (Å²) in [4.78, 5) is 25.4. The minimum absolute atomic E-state index is 0.269. The van der Waals surface area contributed by atoms with Crippen LogP contribution in [0, 0.1) is 20.8 Å². The summed E-state index contributed by atoms with van der Waals surface area (Å²) >= 11 is 12.2. The molecule has 0 bridgehead atoms. The number of anilines is 2. The van der Waals surface area contributed by atoms with Crippen molar-refractivity contribution in [3.05, 3.63) is 92.5 Å². The van der Waals surface area contributed by atoms with Crippen molar-refractivity contribution in [1.29, 1.82) is 0 Å². The van der Waals surface area contributed by atoms with Crippen LogP contribution in [-0.2, 0) is 0 Å². The van der Waals surface area contributed by atoms with Gasteiger partial charge in [0.2, 0.25) is 0 Å². The molecular weight excluding hydrogens is 407 g/mol. The first-order chi connectivity index (χ1) is 13.7. The lowest BCUT2D eigenvalue weighted by Gasteiger charge is -2.14. The van der Waals surface area contributed by atoms with Crippen LogP contribution in [0.4, 0.5) is 11.4 Å². The molecule has 3 aromatic rings. The molecule has 6 heteroatoms. The van der Waals surface area contributed by atoms with E-state index in [-0.39, 0.29) is 11.8 Å². The van der Waals surface area contributed by atoms with Crippen molar-refractivity contribution in [2.45, 2.75) is 20.8 Å². The molecule has 148 valence electrons. The van der Waals surface area contributed by atoms with Crippen LogP contribution in [0.1, 0.15) is 37.4 Å². The molecule has 0 saturated heterocycles. The smallest absolute Gasteiger partial charge is 0.256 e. The second-order valence-electron chi connectivity index (χ2n) is 6.89. The molecule has 4 nitrogen and oxygen atoms in total. The van der Waals surface area contributed by atoms with E-state index in [0.29, 0.717) is 32.5 Å². The van der Waals surface area contributed by atoms with Gasteiger partial charge in [-0.2, -0.15) is 0 Å².